The van der Waals surface area contributed by atoms with E-state index in [9.17, 15) is 14.4 Å². The van der Waals surface area contributed by atoms with Crippen LogP contribution < -0.4 is 0 Å². The smallest absolute Gasteiger partial charge is 0.139 e. The maximum absolute atomic E-state index is 11.4. The van der Waals surface area contributed by atoms with Gasteiger partial charge in [-0.2, -0.15) is 0 Å². The Hall–Kier alpha value is -0.990. The molecule has 0 aromatic carbocycles. The van der Waals surface area contributed by atoms with Crippen LogP contribution in [0.25, 0.3) is 0 Å². The Morgan fingerprint density at radius 2 is 1.04 bits per heavy atom. The third kappa shape index (κ3) is 3.44. The van der Waals surface area contributed by atoms with Crippen LogP contribution in [0.2, 0.25) is 0 Å². The highest BCUT2D eigenvalue weighted by Crippen LogP contribution is 2.51. The number of fused-ring (bicyclic) bond motifs is 3. The van der Waals surface area contributed by atoms with Crippen LogP contribution >= 0.6 is 0 Å². The molecule has 0 unspecified atom stereocenters. The lowest BCUT2D eigenvalue weighted by Crippen LogP contribution is -2.26. The van der Waals surface area contributed by atoms with Crippen LogP contribution in [0.1, 0.15) is 78.6 Å². The van der Waals surface area contributed by atoms with Crippen molar-refractivity contribution in [2.75, 3.05) is 0 Å². The number of carbonyl (C=O) groups is 3. The monoisotopic (exact) mass is 372 g/mol. The third-order valence-corrected chi connectivity index (χ3v) is 9.21. The van der Waals surface area contributed by atoms with Gasteiger partial charge in [-0.15, -0.1) is 0 Å². The van der Waals surface area contributed by atoms with E-state index < -0.39 is 0 Å². The Morgan fingerprint density at radius 1 is 0.556 bits per heavy atom. The molecule has 6 aliphatic rings. The van der Waals surface area contributed by atoms with Gasteiger partial charge in [0, 0.05) is 37.0 Å². The first kappa shape index (κ1) is 19.3. The van der Waals surface area contributed by atoms with E-state index in [4.69, 9.17) is 0 Å². The number of Topliss-reactive ketones (excluding diaryl/α,β-unsaturated/α-hetero) is 3. The lowest BCUT2D eigenvalue weighted by atomic mass is 9.71. The van der Waals surface area contributed by atoms with E-state index in [2.05, 4.69) is 20.8 Å². The minimum absolute atomic E-state index is 0.383. The minimum Gasteiger partial charge on any atom is -0.300 e. The van der Waals surface area contributed by atoms with Crippen LogP contribution in [-0.2, 0) is 14.4 Å². The molecule has 3 nitrogen and oxygen atoms in total. The molecule has 0 aromatic heterocycles. The van der Waals surface area contributed by atoms with E-state index in [1.807, 2.05) is 0 Å². The van der Waals surface area contributed by atoms with Crippen molar-refractivity contribution in [3.05, 3.63) is 0 Å². The van der Waals surface area contributed by atoms with Crippen molar-refractivity contribution in [1.82, 2.24) is 0 Å². The molecule has 0 bridgehead atoms. The maximum Gasteiger partial charge on any atom is 0.139 e. The first-order valence-electron chi connectivity index (χ1n) is 11.4. The molecule has 0 amide bonds. The Kier molecular flexibility index (Phi) is 5.33. The van der Waals surface area contributed by atoms with E-state index in [0.29, 0.717) is 35.1 Å². The number of ketones is 3. The van der Waals surface area contributed by atoms with Crippen molar-refractivity contribution in [3.63, 3.8) is 0 Å². The highest BCUT2D eigenvalue weighted by atomic mass is 16.1. The first-order chi connectivity index (χ1) is 12.9. The number of hydrogen-bond donors (Lipinski definition) is 0. The molecule has 6 saturated carbocycles. The molecule has 150 valence electrons. The summed E-state index contributed by atoms with van der Waals surface area (Å²) < 4.78 is 0. The van der Waals surface area contributed by atoms with Crippen LogP contribution in [0.4, 0.5) is 0 Å². The Balaban J connectivity index is 0.000000101. The summed E-state index contributed by atoms with van der Waals surface area (Å²) in [4.78, 5) is 33.1. The fourth-order valence-corrected chi connectivity index (χ4v) is 6.66. The second kappa shape index (κ2) is 7.44. The zero-order valence-electron chi connectivity index (χ0n) is 17.3. The predicted molar refractivity (Wildman–Crippen MR) is 105 cm³/mol. The van der Waals surface area contributed by atoms with Gasteiger partial charge in [-0.05, 0) is 74.0 Å². The summed E-state index contributed by atoms with van der Waals surface area (Å²) in [5, 5.41) is 0. The van der Waals surface area contributed by atoms with E-state index >= 15 is 0 Å². The van der Waals surface area contributed by atoms with Crippen LogP contribution in [0.3, 0.4) is 0 Å². The first-order valence-corrected chi connectivity index (χ1v) is 11.4. The highest BCUT2D eigenvalue weighted by molar-refractivity contribution is 5.86. The molecule has 9 atom stereocenters. The summed E-state index contributed by atoms with van der Waals surface area (Å²) in [5.41, 5.74) is 0. The summed E-state index contributed by atoms with van der Waals surface area (Å²) in [6, 6.07) is 0. The van der Waals surface area contributed by atoms with E-state index in [1.165, 1.54) is 38.5 Å². The molecule has 0 saturated heterocycles. The number of rotatable bonds is 0. The van der Waals surface area contributed by atoms with E-state index in [0.717, 1.165) is 54.8 Å². The normalized spacial score (nSPS) is 48.6. The van der Waals surface area contributed by atoms with Crippen molar-refractivity contribution in [1.29, 1.82) is 0 Å². The van der Waals surface area contributed by atoms with Gasteiger partial charge in [-0.25, -0.2) is 0 Å². The van der Waals surface area contributed by atoms with Gasteiger partial charge in [0.1, 0.15) is 17.3 Å². The molecule has 0 spiro atoms. The van der Waals surface area contributed by atoms with Crippen molar-refractivity contribution in [2.45, 2.75) is 78.6 Å². The van der Waals surface area contributed by atoms with Crippen LogP contribution in [0, 0.1) is 53.3 Å². The second-order valence-electron chi connectivity index (χ2n) is 10.4. The van der Waals surface area contributed by atoms with Crippen molar-refractivity contribution in [2.24, 2.45) is 53.3 Å². The van der Waals surface area contributed by atoms with Crippen molar-refractivity contribution >= 4 is 17.3 Å². The Labute approximate surface area is 164 Å². The molecular formula is C24H36O3. The topological polar surface area (TPSA) is 51.2 Å². The van der Waals surface area contributed by atoms with Gasteiger partial charge < -0.3 is 0 Å². The molecule has 3 heteroatoms. The van der Waals surface area contributed by atoms with E-state index in [1.54, 1.807) is 0 Å². The van der Waals surface area contributed by atoms with Gasteiger partial charge in [0.05, 0.1) is 0 Å². The molecule has 0 N–H and O–H groups in total. The van der Waals surface area contributed by atoms with Gasteiger partial charge in [0.25, 0.3) is 0 Å². The Morgan fingerprint density at radius 3 is 1.26 bits per heavy atom. The largest absolute Gasteiger partial charge is 0.300 e. The molecule has 0 heterocycles. The summed E-state index contributed by atoms with van der Waals surface area (Å²) in [6.45, 7) is 6.29. The van der Waals surface area contributed by atoms with Crippen LogP contribution in [0.5, 0.6) is 0 Å². The fourth-order valence-electron chi connectivity index (χ4n) is 6.66. The van der Waals surface area contributed by atoms with E-state index in [-0.39, 0.29) is 0 Å². The summed E-state index contributed by atoms with van der Waals surface area (Å²) in [5.74, 6) is 7.48. The fraction of sp³-hybridized carbons (Fsp3) is 0.875. The summed E-state index contributed by atoms with van der Waals surface area (Å²) in [7, 11) is 0. The van der Waals surface area contributed by atoms with Gasteiger partial charge in [-0.1, -0.05) is 20.8 Å². The van der Waals surface area contributed by atoms with Gasteiger partial charge in [0.2, 0.25) is 0 Å². The average molecular weight is 373 g/mol. The molecule has 0 radical (unpaired) electrons. The lowest BCUT2D eigenvalue weighted by Gasteiger charge is -2.33. The molecule has 6 fully saturated rings. The molecule has 0 aliphatic heterocycles. The van der Waals surface area contributed by atoms with Crippen molar-refractivity contribution < 1.29 is 14.4 Å². The number of hydrogen-bond acceptors (Lipinski definition) is 3. The number of carbonyl (C=O) groups excluding carboxylic acids is 3. The summed E-state index contributed by atoms with van der Waals surface area (Å²) >= 11 is 0. The minimum atomic E-state index is 0.383. The molecular weight excluding hydrogens is 336 g/mol. The zero-order chi connectivity index (χ0) is 19.3. The maximum atomic E-state index is 11.4. The van der Waals surface area contributed by atoms with Crippen LogP contribution in [0.15, 0.2) is 0 Å². The molecule has 6 aliphatic carbocycles. The van der Waals surface area contributed by atoms with Gasteiger partial charge in [0.15, 0.2) is 0 Å². The standard InChI is InChI=1S/C9H14O.C8H12O.C7H10O/c1-5-7-3-4-8(7)6(2)9(5)10;1-5-7-3-2-6(7)4-8(5)9;8-7-3-5-1-2-6(5)4-7/h5-8H,3-4H2,1-2H3;5-7H,2-4H2,1H3;5-6H,1-4H2/t5-,6+,7-,8+;5-,6+,7-;5-,6+/m.1./s1. The third-order valence-electron chi connectivity index (χ3n) is 9.21. The quantitative estimate of drug-likeness (QED) is 0.610. The predicted octanol–water partition coefficient (Wildman–Crippen LogP) is 4.86. The second-order valence-corrected chi connectivity index (χ2v) is 10.4. The average Bonchev–Trinajstić information content (AvgIpc) is 2.99. The summed E-state index contributed by atoms with van der Waals surface area (Å²) in [6.07, 6.45) is 10.6. The lowest BCUT2D eigenvalue weighted by molar-refractivity contribution is -0.123. The van der Waals surface area contributed by atoms with Gasteiger partial charge in [-0.3, -0.25) is 14.4 Å². The van der Waals surface area contributed by atoms with Gasteiger partial charge >= 0.3 is 0 Å². The molecule has 0 aromatic rings. The highest BCUT2D eigenvalue weighted by Gasteiger charge is 2.50. The van der Waals surface area contributed by atoms with Crippen molar-refractivity contribution in [3.8, 4) is 0 Å². The zero-order valence-corrected chi connectivity index (χ0v) is 17.3. The van der Waals surface area contributed by atoms with Crippen LogP contribution in [-0.4, -0.2) is 17.3 Å². The SMILES string of the molecule is C[C@@H]1C(=O)[C@H](C)[C@H]2CC[C@H]21.C[C@H]1C(=O)C[C@@H]2CC[C@@H]21.O=C1C[C@H]2CC[C@H]2C1. The molecule has 6 rings (SSSR count). The Bertz CT molecular complexity index is 591. The molecule has 27 heavy (non-hydrogen) atoms.